The van der Waals surface area contributed by atoms with Crippen LogP contribution in [0.25, 0.3) is 0 Å². The van der Waals surface area contributed by atoms with Gasteiger partial charge in [-0.1, -0.05) is 11.1 Å². The van der Waals surface area contributed by atoms with Gasteiger partial charge in [-0.25, -0.2) is 4.79 Å². The van der Waals surface area contributed by atoms with E-state index in [0.717, 1.165) is 0 Å². The Bertz CT molecular complexity index is 437. The van der Waals surface area contributed by atoms with E-state index in [1.807, 2.05) is 0 Å². The number of methoxy groups -OCH3 is 1. The van der Waals surface area contributed by atoms with Crippen LogP contribution in [0.3, 0.4) is 0 Å². The van der Waals surface area contributed by atoms with Gasteiger partial charge in [0.2, 0.25) is 6.33 Å². The van der Waals surface area contributed by atoms with E-state index in [0.29, 0.717) is 5.57 Å². The van der Waals surface area contributed by atoms with Crippen molar-refractivity contribution in [2.24, 2.45) is 0 Å². The molecule has 0 aliphatic rings. The number of rotatable bonds is 4. The predicted molar refractivity (Wildman–Crippen MR) is 52.4 cm³/mol. The number of allylic oxidation sites excluding steroid dienone is 1. The van der Waals surface area contributed by atoms with Gasteiger partial charge in [-0.3, -0.25) is 0 Å². The van der Waals surface area contributed by atoms with Gasteiger partial charge in [0.1, 0.15) is 0 Å². The van der Waals surface area contributed by atoms with Gasteiger partial charge in [0.25, 0.3) is 0 Å². The maximum Gasteiger partial charge on any atom is 0.490 e. The first kappa shape index (κ1) is 11.8. The monoisotopic (exact) mass is 226 g/mol. The van der Waals surface area contributed by atoms with E-state index in [1.54, 1.807) is 13.0 Å². The second-order valence-electron chi connectivity index (χ2n) is 2.90. The van der Waals surface area contributed by atoms with Gasteiger partial charge in [0.05, 0.1) is 13.7 Å². The molecule has 86 valence electrons. The maximum atomic E-state index is 11.0. The summed E-state index contributed by atoms with van der Waals surface area (Å²) in [5.41, 5.74) is 0.403. The number of carbonyl (C=O) groups excluding carboxylic acids is 1. The lowest BCUT2D eigenvalue weighted by atomic mass is 10.3. The van der Waals surface area contributed by atoms with Gasteiger partial charge < -0.3 is 14.9 Å². The second-order valence-corrected chi connectivity index (χ2v) is 2.90. The maximum absolute atomic E-state index is 11.0. The molecule has 1 rings (SSSR count). The molecular weight excluding hydrogens is 216 g/mol. The standard InChI is InChI=1S/C8H10N4O4/c1-6(7(13)16-2)3-4-11-5-9-8(10-11)12(14)15/h3,5H,4H2,1-2H3. The summed E-state index contributed by atoms with van der Waals surface area (Å²) < 4.78 is 5.74. The predicted octanol–water partition coefficient (Wildman–Crippen LogP) is 0.306. The summed E-state index contributed by atoms with van der Waals surface area (Å²) in [6.07, 6.45) is 2.77. The summed E-state index contributed by atoms with van der Waals surface area (Å²) in [6, 6.07) is 0. The van der Waals surface area contributed by atoms with E-state index in [-0.39, 0.29) is 6.54 Å². The molecule has 1 aromatic rings. The normalized spacial score (nSPS) is 11.2. The molecule has 0 aromatic carbocycles. The zero-order valence-corrected chi connectivity index (χ0v) is 8.78. The number of carbonyl (C=O) groups is 1. The van der Waals surface area contributed by atoms with Crippen LogP contribution in [0, 0.1) is 10.1 Å². The van der Waals surface area contributed by atoms with Crippen LogP contribution >= 0.6 is 0 Å². The highest BCUT2D eigenvalue weighted by molar-refractivity contribution is 5.87. The first-order valence-corrected chi connectivity index (χ1v) is 4.33. The van der Waals surface area contributed by atoms with Gasteiger partial charge in [0, 0.05) is 10.7 Å². The molecule has 0 saturated carbocycles. The third kappa shape index (κ3) is 2.87. The lowest BCUT2D eigenvalue weighted by Crippen LogP contribution is -2.04. The van der Waals surface area contributed by atoms with E-state index in [9.17, 15) is 14.9 Å². The molecule has 0 atom stereocenters. The highest BCUT2D eigenvalue weighted by atomic mass is 16.6. The number of nitro groups is 1. The van der Waals surface area contributed by atoms with Crippen molar-refractivity contribution >= 4 is 11.9 Å². The average molecular weight is 226 g/mol. The van der Waals surface area contributed by atoms with E-state index in [2.05, 4.69) is 14.8 Å². The fourth-order valence-corrected chi connectivity index (χ4v) is 0.931. The van der Waals surface area contributed by atoms with Crippen LogP contribution in [0.4, 0.5) is 5.95 Å². The number of esters is 1. The molecule has 0 radical (unpaired) electrons. The molecule has 1 aromatic heterocycles. The zero-order chi connectivity index (χ0) is 12.1. The lowest BCUT2D eigenvalue weighted by Gasteiger charge is -1.97. The summed E-state index contributed by atoms with van der Waals surface area (Å²) in [6.45, 7) is 1.80. The molecule has 0 N–H and O–H groups in total. The summed E-state index contributed by atoms with van der Waals surface area (Å²) in [5, 5.41) is 13.9. The summed E-state index contributed by atoms with van der Waals surface area (Å²) in [5.74, 6) is -0.918. The van der Waals surface area contributed by atoms with Gasteiger partial charge in [-0.15, -0.1) is 0 Å². The van der Waals surface area contributed by atoms with Crippen molar-refractivity contribution in [3.05, 3.63) is 28.1 Å². The fourth-order valence-electron chi connectivity index (χ4n) is 0.931. The smallest absolute Gasteiger partial charge is 0.466 e. The Hall–Kier alpha value is -2.25. The molecule has 0 amide bonds. The molecule has 8 nitrogen and oxygen atoms in total. The van der Waals surface area contributed by atoms with E-state index in [1.165, 1.54) is 18.1 Å². The van der Waals surface area contributed by atoms with Gasteiger partial charge >= 0.3 is 11.9 Å². The van der Waals surface area contributed by atoms with Crippen LogP contribution in [0.15, 0.2) is 18.0 Å². The highest BCUT2D eigenvalue weighted by Crippen LogP contribution is 2.01. The van der Waals surface area contributed by atoms with Crippen molar-refractivity contribution in [3.8, 4) is 0 Å². The van der Waals surface area contributed by atoms with E-state index < -0.39 is 16.8 Å². The SMILES string of the molecule is COC(=O)C(C)=CCn1cnc([N+](=O)[O-])n1. The van der Waals surface area contributed by atoms with Crippen molar-refractivity contribution in [1.29, 1.82) is 0 Å². The number of hydrogen-bond acceptors (Lipinski definition) is 6. The number of nitrogens with zero attached hydrogens (tertiary/aromatic N) is 4. The Balaban J connectivity index is 2.67. The fraction of sp³-hybridized carbons (Fsp3) is 0.375. The number of aromatic nitrogens is 3. The van der Waals surface area contributed by atoms with Crippen molar-refractivity contribution in [3.63, 3.8) is 0 Å². The molecule has 16 heavy (non-hydrogen) atoms. The van der Waals surface area contributed by atoms with Crippen LogP contribution in [0.2, 0.25) is 0 Å². The van der Waals surface area contributed by atoms with Crippen molar-refractivity contribution in [1.82, 2.24) is 14.8 Å². The quantitative estimate of drug-likeness (QED) is 0.317. The molecule has 0 bridgehead atoms. The van der Waals surface area contributed by atoms with E-state index >= 15 is 0 Å². The molecule has 0 unspecified atom stereocenters. The van der Waals surface area contributed by atoms with Gasteiger partial charge in [-0.2, -0.15) is 4.68 Å². The average Bonchev–Trinajstić information content (AvgIpc) is 2.73. The lowest BCUT2D eigenvalue weighted by molar-refractivity contribution is -0.394. The molecule has 0 aliphatic carbocycles. The Morgan fingerprint density at radius 3 is 2.94 bits per heavy atom. The molecule has 0 spiro atoms. The third-order valence-electron chi connectivity index (χ3n) is 1.78. The van der Waals surface area contributed by atoms with Crippen molar-refractivity contribution < 1.29 is 14.5 Å². The van der Waals surface area contributed by atoms with Gasteiger partial charge in [0.15, 0.2) is 0 Å². The number of ether oxygens (including phenoxy) is 1. The summed E-state index contributed by atoms with van der Waals surface area (Å²) >= 11 is 0. The van der Waals surface area contributed by atoms with Crippen LogP contribution in [0.5, 0.6) is 0 Å². The molecule has 0 fully saturated rings. The van der Waals surface area contributed by atoms with Crippen LogP contribution in [0.1, 0.15) is 6.92 Å². The minimum absolute atomic E-state index is 0.224. The Morgan fingerprint density at radius 1 is 1.75 bits per heavy atom. The Morgan fingerprint density at radius 2 is 2.44 bits per heavy atom. The summed E-state index contributed by atoms with van der Waals surface area (Å²) in [4.78, 5) is 24.1. The van der Waals surface area contributed by atoms with Crippen molar-refractivity contribution in [2.75, 3.05) is 7.11 Å². The second kappa shape index (κ2) is 5.01. The highest BCUT2D eigenvalue weighted by Gasteiger charge is 2.12. The molecular formula is C8H10N4O4. The third-order valence-corrected chi connectivity index (χ3v) is 1.78. The first-order chi connectivity index (χ1) is 7.54. The van der Waals surface area contributed by atoms with E-state index in [4.69, 9.17) is 0 Å². The summed E-state index contributed by atoms with van der Waals surface area (Å²) in [7, 11) is 1.28. The van der Waals surface area contributed by atoms with Crippen molar-refractivity contribution in [2.45, 2.75) is 13.5 Å². The minimum atomic E-state index is -0.687. The molecule has 8 heteroatoms. The van der Waals surface area contributed by atoms with Crippen LogP contribution < -0.4 is 0 Å². The Labute approximate surface area is 90.7 Å². The zero-order valence-electron chi connectivity index (χ0n) is 8.78. The molecule has 1 heterocycles. The molecule has 0 aliphatic heterocycles. The topological polar surface area (TPSA) is 100 Å². The Kier molecular flexibility index (Phi) is 3.70. The number of hydrogen-bond donors (Lipinski definition) is 0. The van der Waals surface area contributed by atoms with Gasteiger partial charge in [-0.05, 0) is 11.8 Å². The van der Waals surface area contributed by atoms with Crippen LogP contribution in [-0.2, 0) is 16.1 Å². The molecule has 0 saturated heterocycles. The first-order valence-electron chi connectivity index (χ1n) is 4.33. The van der Waals surface area contributed by atoms with Crippen LogP contribution in [-0.4, -0.2) is 32.8 Å². The largest absolute Gasteiger partial charge is 0.490 e. The minimum Gasteiger partial charge on any atom is -0.466 e.